The minimum absolute atomic E-state index is 0.0195. The second-order valence-electron chi connectivity index (χ2n) is 8.72. The van der Waals surface area contributed by atoms with E-state index in [0.717, 1.165) is 6.33 Å². The molecule has 0 saturated heterocycles. The number of hydrogen-bond acceptors (Lipinski definition) is 14. The van der Waals surface area contributed by atoms with Crippen molar-refractivity contribution in [2.45, 2.75) is 11.5 Å². The Morgan fingerprint density at radius 2 is 1.70 bits per heavy atom. The van der Waals surface area contributed by atoms with Gasteiger partial charge in [0.25, 0.3) is 15.9 Å². The molecule has 230 valence electrons. The summed E-state index contributed by atoms with van der Waals surface area (Å²) >= 11 is 0. The predicted octanol–water partition coefficient (Wildman–Crippen LogP) is 3.94. The summed E-state index contributed by atoms with van der Waals surface area (Å²) in [6.07, 6.45) is 3.32. The lowest BCUT2D eigenvalue weighted by molar-refractivity contribution is 0.0406. The number of carbonyl (C=O) groups excluding carboxylic acids is 1. The van der Waals surface area contributed by atoms with Gasteiger partial charge in [-0.3, -0.25) is 9.71 Å². The third kappa shape index (κ3) is 7.46. The Balaban J connectivity index is 1.34. The summed E-state index contributed by atoms with van der Waals surface area (Å²) < 4.78 is 72.1. The number of pyridine rings is 1. The van der Waals surface area contributed by atoms with Gasteiger partial charge in [-0.05, 0) is 18.2 Å². The summed E-state index contributed by atoms with van der Waals surface area (Å²) in [5.74, 6) is 1.10. The average Bonchev–Trinajstić information content (AvgIpc) is 3.52. The molecule has 16 heteroatoms. The van der Waals surface area contributed by atoms with Gasteiger partial charge in [-0.15, -0.1) is 0 Å². The summed E-state index contributed by atoms with van der Waals surface area (Å²) in [6.45, 7) is -0.452. The van der Waals surface area contributed by atoms with E-state index in [4.69, 9.17) is 37.9 Å². The topological polar surface area (TPSA) is 176 Å². The molecule has 1 aliphatic rings. The zero-order valence-corrected chi connectivity index (χ0v) is 24.2. The quantitative estimate of drug-likeness (QED) is 0.167. The summed E-state index contributed by atoms with van der Waals surface area (Å²) in [6, 6.07) is 12.3. The first kappa shape index (κ1) is 30.0. The molecule has 44 heavy (non-hydrogen) atoms. The monoisotopic (exact) mass is 626 g/mol. The molecule has 1 N–H and O–H groups in total. The molecule has 1 aliphatic heterocycles. The zero-order chi connectivity index (χ0) is 30.9. The van der Waals surface area contributed by atoms with Crippen molar-refractivity contribution in [3.8, 4) is 40.4 Å². The Morgan fingerprint density at radius 1 is 0.932 bits per heavy atom. The van der Waals surface area contributed by atoms with Crippen LogP contribution in [0.1, 0.15) is 5.56 Å². The summed E-state index contributed by atoms with van der Waals surface area (Å²) in [5, 5.41) is 0. The van der Waals surface area contributed by atoms with Crippen molar-refractivity contribution in [2.24, 2.45) is 0 Å². The first-order chi connectivity index (χ1) is 21.3. The Morgan fingerprint density at radius 3 is 2.45 bits per heavy atom. The molecule has 3 heterocycles. The van der Waals surface area contributed by atoms with Gasteiger partial charge < -0.3 is 37.9 Å². The lowest BCUT2D eigenvalue weighted by atomic mass is 10.3. The largest absolute Gasteiger partial charge is 0.508 e. The third-order valence-electron chi connectivity index (χ3n) is 5.82. The molecule has 0 atom stereocenters. The van der Waals surface area contributed by atoms with Crippen molar-refractivity contribution in [2.75, 3.05) is 38.9 Å². The van der Waals surface area contributed by atoms with Crippen molar-refractivity contribution < 1.29 is 51.1 Å². The highest BCUT2D eigenvalue weighted by atomic mass is 32.2. The molecule has 0 radical (unpaired) electrons. The highest BCUT2D eigenvalue weighted by Gasteiger charge is 2.25. The number of nitrogens with zero attached hydrogens (tertiary/aromatic N) is 3. The molecule has 5 rings (SSSR count). The number of ether oxygens (including phenoxy) is 8. The Hall–Kier alpha value is -5.51. The molecule has 0 fully saturated rings. The number of fused-ring (bicyclic) bond motifs is 1. The second kappa shape index (κ2) is 13.6. The number of benzene rings is 2. The number of anilines is 1. The van der Waals surface area contributed by atoms with Crippen LogP contribution >= 0.6 is 0 Å². The SMILES string of the molecule is COc1cc(OC)cc(Oc2c(NS(=O)(=O)c3ccc4c(c3)OCO4)ncnc2OCCOC(=O)OCc2cccnc2)c1. The molecule has 0 aliphatic carbocycles. The Labute approximate surface area is 251 Å². The van der Waals surface area contributed by atoms with Crippen LogP contribution < -0.4 is 33.1 Å². The lowest BCUT2D eigenvalue weighted by Gasteiger charge is -2.16. The number of sulfonamides is 1. The number of aromatic nitrogens is 3. The van der Waals surface area contributed by atoms with Gasteiger partial charge in [0.05, 0.1) is 19.1 Å². The molecule has 0 saturated carbocycles. The standard InChI is InChI=1S/C28H26N4O11S/c1-36-19-10-20(37-2)12-21(11-19)43-25-26(32-44(34,35)22-5-6-23-24(13-22)42-17-41-23)30-16-31-27(25)38-8-9-39-28(33)40-15-18-4-3-7-29-14-18/h3-7,10-14,16H,8-9,15,17H2,1-2H3,(H,30,31,32). The number of methoxy groups -OCH3 is 2. The van der Waals surface area contributed by atoms with Crippen LogP contribution in [0.3, 0.4) is 0 Å². The maximum absolute atomic E-state index is 13.3. The normalized spacial score (nSPS) is 11.8. The van der Waals surface area contributed by atoms with Crippen molar-refractivity contribution >= 4 is 22.0 Å². The van der Waals surface area contributed by atoms with Gasteiger partial charge in [-0.25, -0.2) is 18.2 Å². The Bertz CT molecular complexity index is 1700. The Kier molecular flexibility index (Phi) is 9.29. The molecule has 15 nitrogen and oxygen atoms in total. The minimum Gasteiger partial charge on any atom is -0.496 e. The van der Waals surface area contributed by atoms with E-state index in [1.807, 2.05) is 0 Å². The van der Waals surface area contributed by atoms with E-state index < -0.39 is 16.2 Å². The number of hydrogen-bond donors (Lipinski definition) is 1. The fourth-order valence-electron chi connectivity index (χ4n) is 3.74. The number of nitrogens with one attached hydrogen (secondary N) is 1. The first-order valence-corrected chi connectivity index (χ1v) is 14.3. The van der Waals surface area contributed by atoms with Gasteiger partial charge in [0.2, 0.25) is 12.5 Å². The summed E-state index contributed by atoms with van der Waals surface area (Å²) in [4.78, 5) is 24.0. The second-order valence-corrected chi connectivity index (χ2v) is 10.4. The molecular formula is C28H26N4O11S. The maximum Gasteiger partial charge on any atom is 0.508 e. The summed E-state index contributed by atoms with van der Waals surface area (Å²) in [5.41, 5.74) is 0.688. The highest BCUT2D eigenvalue weighted by Crippen LogP contribution is 2.40. The van der Waals surface area contributed by atoms with Crippen molar-refractivity contribution in [1.82, 2.24) is 15.0 Å². The number of rotatable bonds is 13. The van der Waals surface area contributed by atoms with E-state index in [1.165, 1.54) is 44.6 Å². The average molecular weight is 627 g/mol. The van der Waals surface area contributed by atoms with Crippen LogP contribution in [-0.2, 0) is 26.1 Å². The summed E-state index contributed by atoms with van der Waals surface area (Å²) in [7, 11) is -1.28. The van der Waals surface area contributed by atoms with Crippen LogP contribution in [0, 0.1) is 0 Å². The molecular weight excluding hydrogens is 600 g/mol. The fraction of sp³-hybridized carbons (Fsp3) is 0.214. The van der Waals surface area contributed by atoms with E-state index in [-0.39, 0.29) is 60.5 Å². The van der Waals surface area contributed by atoms with Gasteiger partial charge in [0, 0.05) is 42.2 Å². The molecule has 2 aromatic heterocycles. The van der Waals surface area contributed by atoms with Crippen LogP contribution in [-0.4, -0.2) is 63.8 Å². The van der Waals surface area contributed by atoms with Crippen LogP contribution in [0.5, 0.6) is 40.4 Å². The van der Waals surface area contributed by atoms with Gasteiger partial charge in [-0.2, -0.15) is 4.98 Å². The smallest absolute Gasteiger partial charge is 0.496 e. The van der Waals surface area contributed by atoms with E-state index in [9.17, 15) is 13.2 Å². The number of carbonyl (C=O) groups is 1. The first-order valence-electron chi connectivity index (χ1n) is 12.8. The molecule has 0 unspecified atom stereocenters. The molecule has 0 spiro atoms. The van der Waals surface area contributed by atoms with Crippen molar-refractivity contribution in [1.29, 1.82) is 0 Å². The van der Waals surface area contributed by atoms with Crippen LogP contribution in [0.2, 0.25) is 0 Å². The molecule has 0 bridgehead atoms. The van der Waals surface area contributed by atoms with E-state index in [1.54, 1.807) is 30.6 Å². The third-order valence-corrected chi connectivity index (χ3v) is 7.16. The zero-order valence-electron chi connectivity index (χ0n) is 23.4. The lowest BCUT2D eigenvalue weighted by Crippen LogP contribution is -2.16. The van der Waals surface area contributed by atoms with Crippen molar-refractivity contribution in [3.63, 3.8) is 0 Å². The van der Waals surface area contributed by atoms with Crippen LogP contribution in [0.25, 0.3) is 0 Å². The highest BCUT2D eigenvalue weighted by molar-refractivity contribution is 7.92. The van der Waals surface area contributed by atoms with Gasteiger partial charge in [0.1, 0.15) is 43.4 Å². The van der Waals surface area contributed by atoms with Gasteiger partial charge in [-0.1, -0.05) is 6.07 Å². The van der Waals surface area contributed by atoms with E-state index >= 15 is 0 Å². The predicted molar refractivity (Wildman–Crippen MR) is 151 cm³/mol. The molecule has 4 aromatic rings. The van der Waals surface area contributed by atoms with Gasteiger partial charge >= 0.3 is 6.16 Å². The fourth-order valence-corrected chi connectivity index (χ4v) is 4.77. The van der Waals surface area contributed by atoms with Crippen LogP contribution in [0.15, 0.2) is 72.1 Å². The molecule has 0 amide bonds. The van der Waals surface area contributed by atoms with Crippen molar-refractivity contribution in [3.05, 3.63) is 72.8 Å². The van der Waals surface area contributed by atoms with Crippen LogP contribution in [0.4, 0.5) is 10.6 Å². The molecule has 2 aromatic carbocycles. The van der Waals surface area contributed by atoms with E-state index in [0.29, 0.717) is 22.8 Å². The van der Waals surface area contributed by atoms with E-state index in [2.05, 4.69) is 19.7 Å². The minimum atomic E-state index is -4.21. The van der Waals surface area contributed by atoms with Gasteiger partial charge in [0.15, 0.2) is 17.3 Å². The maximum atomic E-state index is 13.3.